The van der Waals surface area contributed by atoms with Crippen LogP contribution in [0.1, 0.15) is 438 Å². The number of amides is 1. The van der Waals surface area contributed by atoms with Crippen LogP contribution in [0.25, 0.3) is 0 Å². The minimum absolute atomic E-state index is 0.176. The highest BCUT2D eigenvalue weighted by molar-refractivity contribution is 5.76. The SMILES string of the molecule is CCCCCCCCCCCCCCCCCCCCCCCCC/C=C/CC/C=C/C(O)C(COC1OC(CO)C(O)C(O)C1O)NC(=O)CCCCCCCCCCCCCCCCCCCCCCCCCCCCCCCCCCCCCCCCC. The fourth-order valence-electron chi connectivity index (χ4n) is 13.7. The lowest BCUT2D eigenvalue weighted by Crippen LogP contribution is -2.60. The predicted molar refractivity (Wildman–Crippen MR) is 392 cm³/mol. The highest BCUT2D eigenvalue weighted by Crippen LogP contribution is 2.24. The van der Waals surface area contributed by atoms with Gasteiger partial charge >= 0.3 is 0 Å². The largest absolute Gasteiger partial charge is 0.394 e. The van der Waals surface area contributed by atoms with Crippen LogP contribution in [-0.2, 0) is 14.3 Å². The van der Waals surface area contributed by atoms with E-state index < -0.39 is 49.5 Å². The van der Waals surface area contributed by atoms with Crippen LogP contribution in [0.3, 0.4) is 0 Å². The Hall–Kier alpha value is -1.33. The van der Waals surface area contributed by atoms with Crippen LogP contribution in [0.5, 0.6) is 0 Å². The van der Waals surface area contributed by atoms with E-state index in [-0.39, 0.29) is 12.5 Å². The van der Waals surface area contributed by atoms with Gasteiger partial charge in [-0.15, -0.1) is 0 Å². The molecule has 9 heteroatoms. The number of ether oxygens (including phenoxy) is 2. The molecular formula is C82H159NO8. The van der Waals surface area contributed by atoms with Crippen molar-refractivity contribution in [2.45, 2.75) is 480 Å². The lowest BCUT2D eigenvalue weighted by Gasteiger charge is -2.40. The molecule has 0 aromatic heterocycles. The minimum Gasteiger partial charge on any atom is -0.394 e. The summed E-state index contributed by atoms with van der Waals surface area (Å²) in [5.41, 5.74) is 0. The molecule has 1 saturated heterocycles. The molecule has 1 aliphatic rings. The first-order valence-corrected chi connectivity index (χ1v) is 41.1. The molecule has 91 heavy (non-hydrogen) atoms. The molecule has 540 valence electrons. The molecule has 6 N–H and O–H groups in total. The normalized spacial score (nSPS) is 17.7. The molecule has 0 aliphatic carbocycles. The highest BCUT2D eigenvalue weighted by Gasteiger charge is 2.44. The minimum atomic E-state index is -1.57. The van der Waals surface area contributed by atoms with Crippen molar-refractivity contribution < 1.29 is 39.8 Å². The summed E-state index contributed by atoms with van der Waals surface area (Å²) in [5, 5.41) is 54.9. The Morgan fingerprint density at radius 2 is 0.626 bits per heavy atom. The smallest absolute Gasteiger partial charge is 0.220 e. The molecule has 7 unspecified atom stereocenters. The quantitative estimate of drug-likeness (QED) is 0.0261. The second-order valence-electron chi connectivity index (χ2n) is 28.9. The van der Waals surface area contributed by atoms with Gasteiger partial charge in [-0.3, -0.25) is 4.79 Å². The maximum Gasteiger partial charge on any atom is 0.220 e. The lowest BCUT2D eigenvalue weighted by molar-refractivity contribution is -0.302. The molecule has 9 nitrogen and oxygen atoms in total. The van der Waals surface area contributed by atoms with E-state index >= 15 is 0 Å². The van der Waals surface area contributed by atoms with Gasteiger partial charge in [-0.2, -0.15) is 0 Å². The Bertz CT molecular complexity index is 1490. The standard InChI is InChI=1S/C82H159NO8/c1-3-5-7-9-11-13-15-17-19-21-23-25-27-29-31-33-34-35-36-37-38-39-40-41-42-44-46-48-50-52-54-56-58-60-62-64-66-68-70-72-78(86)83-75(74-90-82-81(89)80(88)79(87)77(73-84)91-82)76(85)71-69-67-65-63-61-59-57-55-53-51-49-47-45-43-32-30-28-26-24-22-20-18-16-14-12-10-8-6-4-2/h61,63,69,71,75-77,79-82,84-85,87-89H,3-60,62,64-68,70,72-74H2,1-2H3,(H,83,86)/b63-61+,71-69+. The molecule has 1 aliphatic heterocycles. The molecule has 1 heterocycles. The van der Waals surface area contributed by atoms with E-state index in [4.69, 9.17) is 9.47 Å². The van der Waals surface area contributed by atoms with E-state index in [9.17, 15) is 30.3 Å². The number of carbonyl (C=O) groups is 1. The van der Waals surface area contributed by atoms with Crippen molar-refractivity contribution in [2.24, 2.45) is 0 Å². The third-order valence-corrected chi connectivity index (χ3v) is 20.0. The van der Waals surface area contributed by atoms with Gasteiger partial charge in [0, 0.05) is 6.42 Å². The first-order valence-electron chi connectivity index (χ1n) is 41.1. The van der Waals surface area contributed by atoms with Gasteiger partial charge in [0.05, 0.1) is 25.4 Å². The van der Waals surface area contributed by atoms with Gasteiger partial charge in [0.25, 0.3) is 0 Å². The summed E-state index contributed by atoms with van der Waals surface area (Å²) in [7, 11) is 0. The maximum atomic E-state index is 13.2. The van der Waals surface area contributed by atoms with Crippen LogP contribution < -0.4 is 5.32 Å². The molecule has 1 rings (SSSR count). The monoisotopic (exact) mass is 1290 g/mol. The van der Waals surface area contributed by atoms with Crippen LogP contribution in [0.2, 0.25) is 0 Å². The van der Waals surface area contributed by atoms with Gasteiger partial charge in [-0.05, 0) is 32.1 Å². The van der Waals surface area contributed by atoms with Crippen molar-refractivity contribution in [3.05, 3.63) is 24.3 Å². The topological polar surface area (TPSA) is 149 Å². The van der Waals surface area contributed by atoms with Gasteiger partial charge in [0.1, 0.15) is 24.4 Å². The number of carbonyl (C=O) groups excluding carboxylic acids is 1. The summed E-state index contributed by atoms with van der Waals surface area (Å²) in [6, 6.07) is -0.821. The van der Waals surface area contributed by atoms with Crippen molar-refractivity contribution in [2.75, 3.05) is 13.2 Å². The van der Waals surface area contributed by atoms with Crippen LogP contribution in [0.15, 0.2) is 24.3 Å². The number of unbranched alkanes of at least 4 members (excludes halogenated alkanes) is 62. The van der Waals surface area contributed by atoms with Crippen LogP contribution in [-0.4, -0.2) is 87.5 Å². The molecule has 7 atom stereocenters. The molecule has 0 spiro atoms. The molecule has 1 amide bonds. The van der Waals surface area contributed by atoms with Crippen LogP contribution in [0, 0.1) is 0 Å². The number of allylic oxidation sites excluding steroid dienone is 3. The Kier molecular flexibility index (Phi) is 68.8. The third kappa shape index (κ3) is 59.7. The third-order valence-electron chi connectivity index (χ3n) is 20.0. The summed E-state index contributed by atoms with van der Waals surface area (Å²) >= 11 is 0. The fourth-order valence-corrected chi connectivity index (χ4v) is 13.7. The summed E-state index contributed by atoms with van der Waals surface area (Å²) in [6.45, 7) is 3.84. The number of hydrogen-bond acceptors (Lipinski definition) is 8. The van der Waals surface area contributed by atoms with Crippen molar-refractivity contribution in [3.8, 4) is 0 Å². The van der Waals surface area contributed by atoms with E-state index in [2.05, 4.69) is 31.3 Å². The molecule has 0 radical (unpaired) electrons. The molecular weight excluding hydrogens is 1130 g/mol. The number of aliphatic hydroxyl groups excluding tert-OH is 5. The van der Waals surface area contributed by atoms with E-state index in [1.54, 1.807) is 6.08 Å². The second-order valence-corrected chi connectivity index (χ2v) is 28.9. The van der Waals surface area contributed by atoms with E-state index in [1.807, 2.05) is 6.08 Å². The van der Waals surface area contributed by atoms with Gasteiger partial charge < -0.3 is 40.3 Å². The lowest BCUT2D eigenvalue weighted by atomic mass is 9.99. The highest BCUT2D eigenvalue weighted by atomic mass is 16.7. The van der Waals surface area contributed by atoms with E-state index in [0.717, 1.165) is 38.5 Å². The van der Waals surface area contributed by atoms with Gasteiger partial charge in [-0.1, -0.05) is 423 Å². The van der Waals surface area contributed by atoms with Gasteiger partial charge in [0.2, 0.25) is 5.91 Å². The molecule has 0 aromatic rings. The average Bonchev–Trinajstić information content (AvgIpc) is 1.50. The van der Waals surface area contributed by atoms with Gasteiger partial charge in [0.15, 0.2) is 6.29 Å². The Balaban J connectivity index is 2.05. The van der Waals surface area contributed by atoms with Crippen molar-refractivity contribution in [1.29, 1.82) is 0 Å². The molecule has 0 bridgehead atoms. The average molecular weight is 1290 g/mol. The maximum absolute atomic E-state index is 13.2. The Morgan fingerprint density at radius 3 is 0.923 bits per heavy atom. The summed E-state index contributed by atoms with van der Waals surface area (Å²) in [4.78, 5) is 13.2. The Morgan fingerprint density at radius 1 is 0.363 bits per heavy atom. The van der Waals surface area contributed by atoms with Gasteiger partial charge in [-0.25, -0.2) is 0 Å². The molecule has 1 fully saturated rings. The first-order chi connectivity index (χ1) is 44.8. The second kappa shape index (κ2) is 71.4. The van der Waals surface area contributed by atoms with Crippen molar-refractivity contribution >= 4 is 5.91 Å². The zero-order valence-electron chi connectivity index (χ0n) is 60.9. The Labute approximate surface area is 566 Å². The molecule has 0 aromatic carbocycles. The van der Waals surface area contributed by atoms with Crippen LogP contribution in [0.4, 0.5) is 0 Å². The van der Waals surface area contributed by atoms with Crippen LogP contribution >= 0.6 is 0 Å². The number of aliphatic hydroxyl groups is 5. The van der Waals surface area contributed by atoms with Crippen molar-refractivity contribution in [1.82, 2.24) is 5.32 Å². The first kappa shape index (κ1) is 87.7. The number of nitrogens with one attached hydrogen (secondary N) is 1. The summed E-state index contributed by atoms with van der Waals surface area (Å²) in [6.07, 6.45) is 89.3. The zero-order chi connectivity index (χ0) is 65.7. The predicted octanol–water partition coefficient (Wildman–Crippen LogP) is 23.5. The number of hydrogen-bond donors (Lipinski definition) is 6. The van der Waals surface area contributed by atoms with Crippen molar-refractivity contribution in [3.63, 3.8) is 0 Å². The number of rotatable bonds is 74. The summed E-state index contributed by atoms with van der Waals surface area (Å²) in [5.74, 6) is -0.176. The summed E-state index contributed by atoms with van der Waals surface area (Å²) < 4.78 is 11.3. The van der Waals surface area contributed by atoms with E-state index in [0.29, 0.717) is 6.42 Å². The fraction of sp³-hybridized carbons (Fsp3) is 0.939. The zero-order valence-corrected chi connectivity index (χ0v) is 60.9. The molecule has 0 saturated carbocycles. The van der Waals surface area contributed by atoms with E-state index in [1.165, 1.54) is 379 Å².